The molecule has 7 heteroatoms. The number of thioether (sulfide) groups is 1. The van der Waals surface area contributed by atoms with Crippen molar-refractivity contribution in [3.05, 3.63) is 29.6 Å². The lowest BCUT2D eigenvalue weighted by atomic mass is 9.53. The highest BCUT2D eigenvalue weighted by Gasteiger charge is 2.51. The second kappa shape index (κ2) is 7.10. The van der Waals surface area contributed by atoms with Gasteiger partial charge in [-0.15, -0.1) is 0 Å². The number of rotatable bonds is 6. The minimum Gasteiger partial charge on any atom is -0.618 e. The smallest absolute Gasteiger partial charge is 0.317 e. The van der Waals surface area contributed by atoms with E-state index in [2.05, 4.69) is 5.32 Å². The summed E-state index contributed by atoms with van der Waals surface area (Å²) in [5.74, 6) is 1.58. The maximum Gasteiger partial charge on any atom is 0.317 e. The predicted octanol–water partition coefficient (Wildman–Crippen LogP) is 2.04. The Morgan fingerprint density at radius 1 is 1.19 bits per heavy atom. The summed E-state index contributed by atoms with van der Waals surface area (Å²) >= 11 is 1.11. The summed E-state index contributed by atoms with van der Waals surface area (Å²) in [5, 5.41) is 15.1. The van der Waals surface area contributed by atoms with Crippen LogP contribution in [0.1, 0.15) is 38.5 Å². The highest BCUT2D eigenvalue weighted by Crippen LogP contribution is 2.55. The van der Waals surface area contributed by atoms with Crippen LogP contribution in [0.2, 0.25) is 0 Å². The van der Waals surface area contributed by atoms with Crippen molar-refractivity contribution in [1.82, 2.24) is 5.32 Å². The van der Waals surface area contributed by atoms with Gasteiger partial charge in [-0.2, -0.15) is 4.73 Å². The Morgan fingerprint density at radius 2 is 1.85 bits per heavy atom. The summed E-state index contributed by atoms with van der Waals surface area (Å²) < 4.78 is 5.80. The van der Waals surface area contributed by atoms with Crippen molar-refractivity contribution in [2.24, 2.45) is 17.8 Å². The third kappa shape index (κ3) is 3.82. The molecular weight excluding hydrogens is 352 g/mol. The van der Waals surface area contributed by atoms with E-state index in [1.54, 1.807) is 18.2 Å². The molecule has 4 saturated carbocycles. The van der Waals surface area contributed by atoms with Gasteiger partial charge in [0.05, 0.1) is 0 Å². The van der Waals surface area contributed by atoms with Crippen LogP contribution in [0.4, 0.5) is 0 Å². The molecule has 4 aliphatic rings. The van der Waals surface area contributed by atoms with E-state index >= 15 is 0 Å². The predicted molar refractivity (Wildman–Crippen MR) is 96.1 cm³/mol. The molecule has 1 amide bonds. The number of pyridine rings is 1. The molecular formula is C19H24N2O4S. The van der Waals surface area contributed by atoms with E-state index in [1.165, 1.54) is 25.5 Å². The van der Waals surface area contributed by atoms with E-state index in [1.807, 2.05) is 0 Å². The fourth-order valence-corrected chi connectivity index (χ4v) is 6.15. The van der Waals surface area contributed by atoms with Crippen LogP contribution in [-0.4, -0.2) is 29.8 Å². The van der Waals surface area contributed by atoms with Gasteiger partial charge in [0.15, 0.2) is 12.8 Å². The van der Waals surface area contributed by atoms with Gasteiger partial charge < -0.3 is 15.3 Å². The molecule has 1 aromatic heterocycles. The molecule has 4 fully saturated rings. The average molecular weight is 376 g/mol. The number of esters is 1. The van der Waals surface area contributed by atoms with E-state index in [0.717, 1.165) is 48.8 Å². The van der Waals surface area contributed by atoms with E-state index in [9.17, 15) is 14.8 Å². The fourth-order valence-electron chi connectivity index (χ4n) is 5.44. The average Bonchev–Trinajstić information content (AvgIpc) is 2.57. The van der Waals surface area contributed by atoms with Gasteiger partial charge in [-0.25, -0.2) is 0 Å². The zero-order valence-corrected chi connectivity index (χ0v) is 15.5. The van der Waals surface area contributed by atoms with Gasteiger partial charge in [0.2, 0.25) is 0 Å². The van der Waals surface area contributed by atoms with Crippen LogP contribution in [0.25, 0.3) is 0 Å². The molecule has 26 heavy (non-hydrogen) atoms. The molecule has 0 spiro atoms. The molecule has 0 unspecified atom stereocenters. The first-order chi connectivity index (χ1) is 12.5. The summed E-state index contributed by atoms with van der Waals surface area (Å²) in [7, 11) is 0. The second-order valence-corrected chi connectivity index (χ2v) is 9.06. The van der Waals surface area contributed by atoms with Gasteiger partial charge in [0, 0.05) is 17.7 Å². The zero-order chi connectivity index (χ0) is 18.1. The first-order valence-electron chi connectivity index (χ1n) is 9.29. The molecule has 0 aromatic carbocycles. The Balaban J connectivity index is 1.23. The lowest BCUT2D eigenvalue weighted by Gasteiger charge is -2.56. The van der Waals surface area contributed by atoms with Crippen molar-refractivity contribution in [2.75, 3.05) is 12.4 Å². The molecule has 4 bridgehead atoms. The molecule has 6 nitrogen and oxygen atoms in total. The Morgan fingerprint density at radius 3 is 2.46 bits per heavy atom. The zero-order valence-electron chi connectivity index (χ0n) is 14.7. The summed E-state index contributed by atoms with van der Waals surface area (Å²) in [4.78, 5) is 24.2. The monoisotopic (exact) mass is 376 g/mol. The van der Waals surface area contributed by atoms with Crippen LogP contribution in [0.5, 0.6) is 0 Å². The quantitative estimate of drug-likeness (QED) is 0.356. The van der Waals surface area contributed by atoms with E-state index < -0.39 is 5.97 Å². The fraction of sp³-hybridized carbons (Fsp3) is 0.632. The van der Waals surface area contributed by atoms with Crippen LogP contribution in [0.3, 0.4) is 0 Å². The van der Waals surface area contributed by atoms with Gasteiger partial charge in [-0.1, -0.05) is 0 Å². The Hall–Kier alpha value is -1.76. The lowest BCUT2D eigenvalue weighted by Crippen LogP contribution is -2.60. The topological polar surface area (TPSA) is 82.3 Å². The van der Waals surface area contributed by atoms with Gasteiger partial charge in [0.25, 0.3) is 10.9 Å². The third-order valence-corrected chi connectivity index (χ3v) is 6.93. The normalized spacial score (nSPS) is 31.6. The van der Waals surface area contributed by atoms with Crippen LogP contribution < -0.4 is 10.0 Å². The molecule has 0 atom stereocenters. The minimum atomic E-state index is -0.487. The SMILES string of the molecule is O=C(COC(=O)CSc1cccc[n+]1[O-])NC12CC3CC(CC(C3)C1)C2. The molecule has 0 radical (unpaired) electrons. The molecule has 0 saturated heterocycles. The molecule has 4 aliphatic carbocycles. The number of carbonyl (C=O) groups excluding carboxylic acids is 2. The first-order valence-corrected chi connectivity index (χ1v) is 10.3. The Labute approximate surface area is 157 Å². The minimum absolute atomic E-state index is 0.0108. The number of hydrogen-bond donors (Lipinski definition) is 1. The highest BCUT2D eigenvalue weighted by atomic mass is 32.2. The summed E-state index contributed by atoms with van der Waals surface area (Å²) in [5.41, 5.74) is -0.0644. The number of nitrogens with zero attached hydrogens (tertiary/aromatic N) is 1. The van der Waals surface area contributed by atoms with Crippen molar-refractivity contribution in [3.8, 4) is 0 Å². The van der Waals surface area contributed by atoms with Crippen molar-refractivity contribution in [3.63, 3.8) is 0 Å². The van der Waals surface area contributed by atoms with Crippen LogP contribution in [-0.2, 0) is 14.3 Å². The van der Waals surface area contributed by atoms with Crippen molar-refractivity contribution in [2.45, 2.75) is 49.1 Å². The summed E-state index contributed by atoms with van der Waals surface area (Å²) in [6, 6.07) is 5.01. The standard InChI is InChI=1S/C19H24N2O4S/c22-16(11-25-18(23)12-26-17-3-1-2-4-21(17)24)20-19-8-13-5-14(9-19)7-15(6-13)10-19/h1-4,13-15H,5-12H2,(H,20,22). The number of aromatic nitrogens is 1. The third-order valence-electron chi connectivity index (χ3n) is 5.93. The van der Waals surface area contributed by atoms with E-state index in [4.69, 9.17) is 4.74 Å². The van der Waals surface area contributed by atoms with E-state index in [-0.39, 0.29) is 23.8 Å². The van der Waals surface area contributed by atoms with Crippen molar-refractivity contribution in [1.29, 1.82) is 0 Å². The first kappa shape index (κ1) is 17.6. The maximum atomic E-state index is 12.3. The molecule has 1 aromatic rings. The van der Waals surface area contributed by atoms with Gasteiger partial charge in [-0.05, 0) is 74.1 Å². The van der Waals surface area contributed by atoms with E-state index in [0.29, 0.717) is 9.76 Å². The summed E-state index contributed by atoms with van der Waals surface area (Å²) in [6.07, 6.45) is 8.57. The molecule has 1 N–H and O–H groups in total. The van der Waals surface area contributed by atoms with Gasteiger partial charge in [-0.3, -0.25) is 9.59 Å². The molecule has 1 heterocycles. The van der Waals surface area contributed by atoms with Crippen LogP contribution >= 0.6 is 11.8 Å². The van der Waals surface area contributed by atoms with Crippen LogP contribution in [0, 0.1) is 23.0 Å². The molecule has 140 valence electrons. The number of ether oxygens (including phenoxy) is 1. The van der Waals surface area contributed by atoms with Crippen molar-refractivity contribution >= 4 is 23.6 Å². The number of carbonyl (C=O) groups is 2. The molecule has 0 aliphatic heterocycles. The maximum absolute atomic E-state index is 12.3. The Kier molecular flexibility index (Phi) is 4.82. The van der Waals surface area contributed by atoms with Crippen molar-refractivity contribution < 1.29 is 19.1 Å². The summed E-state index contributed by atoms with van der Waals surface area (Å²) in [6.45, 7) is -0.243. The Bertz CT molecular complexity index is 673. The number of amides is 1. The van der Waals surface area contributed by atoms with Crippen LogP contribution in [0.15, 0.2) is 29.4 Å². The largest absolute Gasteiger partial charge is 0.618 e. The highest BCUT2D eigenvalue weighted by molar-refractivity contribution is 7.99. The number of hydrogen-bond acceptors (Lipinski definition) is 5. The molecule has 5 rings (SSSR count). The van der Waals surface area contributed by atoms with Gasteiger partial charge in [0.1, 0.15) is 5.75 Å². The second-order valence-electron chi connectivity index (χ2n) is 8.06. The lowest BCUT2D eigenvalue weighted by molar-refractivity contribution is -0.645. The van der Waals surface area contributed by atoms with Gasteiger partial charge >= 0.3 is 5.97 Å². The number of nitrogens with one attached hydrogen (secondary N) is 1.